The van der Waals surface area contributed by atoms with Gasteiger partial charge in [0, 0.05) is 6.61 Å². The molecule has 2 fully saturated rings. The quantitative estimate of drug-likeness (QED) is 0.381. The summed E-state index contributed by atoms with van der Waals surface area (Å²) in [7, 11) is 0. The second-order valence-corrected chi connectivity index (χ2v) is 9.59. The Morgan fingerprint density at radius 3 is 2.13 bits per heavy atom. The summed E-state index contributed by atoms with van der Waals surface area (Å²) in [5, 5.41) is 8.78. The van der Waals surface area contributed by atoms with Gasteiger partial charge in [-0.25, -0.2) is 8.78 Å². The van der Waals surface area contributed by atoms with Crippen LogP contribution in [0.25, 0.3) is 0 Å². The van der Waals surface area contributed by atoms with E-state index in [1.807, 2.05) is 0 Å². The molecule has 1 aromatic carbocycles. The molecule has 0 radical (unpaired) electrons. The largest absolute Gasteiger partial charge is 0.378 e. The van der Waals surface area contributed by atoms with E-state index in [1.165, 1.54) is 76.3 Å². The van der Waals surface area contributed by atoms with Crippen LogP contribution in [0.5, 0.6) is 0 Å². The van der Waals surface area contributed by atoms with Crippen molar-refractivity contribution in [2.75, 3.05) is 6.61 Å². The first-order valence-corrected chi connectivity index (χ1v) is 12.2. The van der Waals surface area contributed by atoms with Crippen molar-refractivity contribution < 1.29 is 13.5 Å². The van der Waals surface area contributed by atoms with Gasteiger partial charge in [0.1, 0.15) is 23.3 Å². The molecule has 1 aromatic rings. The van der Waals surface area contributed by atoms with E-state index in [9.17, 15) is 8.78 Å². The first kappa shape index (κ1) is 23.9. The number of allylic oxidation sites excluding steroid dienone is 2. The number of hydrogen-bond donors (Lipinski definition) is 0. The zero-order chi connectivity index (χ0) is 22.1. The molecule has 0 spiro atoms. The van der Waals surface area contributed by atoms with Crippen LogP contribution in [0.15, 0.2) is 24.3 Å². The summed E-state index contributed by atoms with van der Waals surface area (Å²) in [6, 6.07) is 4.22. The van der Waals surface area contributed by atoms with E-state index in [4.69, 9.17) is 10.00 Å². The third kappa shape index (κ3) is 7.42. The average molecular weight is 430 g/mol. The predicted octanol–water partition coefficient (Wildman–Crippen LogP) is 7.51. The minimum atomic E-state index is -0.745. The Labute approximate surface area is 186 Å². The fourth-order valence-corrected chi connectivity index (χ4v) is 5.29. The van der Waals surface area contributed by atoms with Gasteiger partial charge in [0.05, 0.1) is 6.10 Å². The van der Waals surface area contributed by atoms with Crippen LogP contribution in [-0.4, -0.2) is 12.7 Å². The molecule has 0 unspecified atom stereocenters. The standard InChI is InChI=1S/C27H37F2NO/c1-2-3-4-5-20-12-14-24(15-13-20)31-19-22-9-6-21(7-10-22)8-11-23-16-26(28)25(18-30)27(29)17-23/h2-3,16-17,20-22,24H,4-15,19H2,1H3/b3-2+. The highest BCUT2D eigenvalue weighted by Gasteiger charge is 2.25. The Morgan fingerprint density at radius 2 is 1.52 bits per heavy atom. The van der Waals surface area contributed by atoms with E-state index in [1.54, 1.807) is 6.07 Å². The van der Waals surface area contributed by atoms with E-state index in [-0.39, 0.29) is 0 Å². The van der Waals surface area contributed by atoms with Gasteiger partial charge in [-0.05, 0) is 107 Å². The lowest BCUT2D eigenvalue weighted by Gasteiger charge is -2.32. The van der Waals surface area contributed by atoms with Gasteiger partial charge in [0.15, 0.2) is 0 Å². The highest BCUT2D eigenvalue weighted by molar-refractivity contribution is 5.35. The molecular formula is C27H37F2NO. The molecule has 170 valence electrons. The minimum Gasteiger partial charge on any atom is -0.378 e. The number of halogens is 2. The molecule has 2 aliphatic carbocycles. The van der Waals surface area contributed by atoms with Gasteiger partial charge in [-0.15, -0.1) is 0 Å². The van der Waals surface area contributed by atoms with Crippen LogP contribution >= 0.6 is 0 Å². The number of hydrogen-bond acceptors (Lipinski definition) is 2. The summed E-state index contributed by atoms with van der Waals surface area (Å²) in [5.41, 5.74) is 0.173. The van der Waals surface area contributed by atoms with Crippen molar-refractivity contribution in [3.8, 4) is 6.07 Å². The zero-order valence-corrected chi connectivity index (χ0v) is 18.9. The molecule has 0 saturated heterocycles. The number of aryl methyl sites for hydroxylation is 1. The first-order chi connectivity index (χ1) is 15.1. The number of rotatable bonds is 9. The molecule has 2 nitrogen and oxygen atoms in total. The van der Waals surface area contributed by atoms with Gasteiger partial charge in [-0.1, -0.05) is 25.0 Å². The van der Waals surface area contributed by atoms with Crippen molar-refractivity contribution in [2.24, 2.45) is 17.8 Å². The third-order valence-corrected chi connectivity index (χ3v) is 7.36. The average Bonchev–Trinajstić information content (AvgIpc) is 2.78. The molecule has 4 heteroatoms. The van der Waals surface area contributed by atoms with Gasteiger partial charge >= 0.3 is 0 Å². The van der Waals surface area contributed by atoms with Crippen LogP contribution in [0.4, 0.5) is 8.78 Å². The zero-order valence-electron chi connectivity index (χ0n) is 18.9. The topological polar surface area (TPSA) is 33.0 Å². The molecule has 0 atom stereocenters. The smallest absolute Gasteiger partial charge is 0.144 e. The fraction of sp³-hybridized carbons (Fsp3) is 0.667. The lowest BCUT2D eigenvalue weighted by Crippen LogP contribution is -2.26. The van der Waals surface area contributed by atoms with E-state index in [0.717, 1.165) is 18.9 Å². The van der Waals surface area contributed by atoms with Crippen molar-refractivity contribution >= 4 is 0 Å². The minimum absolute atomic E-state index is 0.455. The van der Waals surface area contributed by atoms with Crippen LogP contribution in [-0.2, 0) is 11.2 Å². The van der Waals surface area contributed by atoms with Crippen LogP contribution < -0.4 is 0 Å². The van der Waals surface area contributed by atoms with Crippen LogP contribution in [0.3, 0.4) is 0 Å². The van der Waals surface area contributed by atoms with Gasteiger partial charge < -0.3 is 4.74 Å². The predicted molar refractivity (Wildman–Crippen MR) is 121 cm³/mol. The summed E-state index contributed by atoms with van der Waals surface area (Å²) in [4.78, 5) is 0. The summed E-state index contributed by atoms with van der Waals surface area (Å²) in [5.74, 6) is 0.666. The molecule has 2 aliphatic rings. The third-order valence-electron chi connectivity index (χ3n) is 7.36. The summed E-state index contributed by atoms with van der Waals surface area (Å²) >= 11 is 0. The molecule has 0 heterocycles. The molecule has 0 aromatic heterocycles. The number of ether oxygens (including phenoxy) is 1. The normalized spacial score (nSPS) is 26.8. The highest BCUT2D eigenvalue weighted by atomic mass is 19.1. The van der Waals surface area contributed by atoms with E-state index >= 15 is 0 Å². The van der Waals surface area contributed by atoms with E-state index in [2.05, 4.69) is 19.1 Å². The highest BCUT2D eigenvalue weighted by Crippen LogP contribution is 2.34. The molecule has 3 rings (SSSR count). The SMILES string of the molecule is C/C=C/CCC1CCC(OCC2CCC(CCc3cc(F)c(C#N)c(F)c3)CC2)CC1. The molecule has 0 bridgehead atoms. The molecule has 31 heavy (non-hydrogen) atoms. The number of nitriles is 1. The second kappa shape index (κ2) is 12.3. The Hall–Kier alpha value is -1.73. The Balaban J connectivity index is 1.30. The van der Waals surface area contributed by atoms with Crippen molar-refractivity contribution in [1.82, 2.24) is 0 Å². The molecule has 0 aliphatic heterocycles. The Kier molecular flexibility index (Phi) is 9.53. The van der Waals surface area contributed by atoms with Crippen molar-refractivity contribution in [3.63, 3.8) is 0 Å². The summed E-state index contributed by atoms with van der Waals surface area (Å²) in [6.45, 7) is 2.99. The van der Waals surface area contributed by atoms with Gasteiger partial charge in [0.25, 0.3) is 0 Å². The summed E-state index contributed by atoms with van der Waals surface area (Å²) in [6.07, 6.45) is 18.8. The van der Waals surface area contributed by atoms with Gasteiger partial charge in [-0.2, -0.15) is 5.26 Å². The van der Waals surface area contributed by atoms with Crippen LogP contribution in [0.2, 0.25) is 0 Å². The van der Waals surface area contributed by atoms with E-state index in [0.29, 0.717) is 29.9 Å². The monoisotopic (exact) mass is 429 g/mol. The number of benzene rings is 1. The molecule has 2 saturated carbocycles. The Bertz CT molecular complexity index is 730. The van der Waals surface area contributed by atoms with Crippen molar-refractivity contribution in [1.29, 1.82) is 5.26 Å². The maximum atomic E-state index is 13.8. The Morgan fingerprint density at radius 1 is 0.935 bits per heavy atom. The lowest BCUT2D eigenvalue weighted by molar-refractivity contribution is -0.0101. The van der Waals surface area contributed by atoms with Crippen LogP contribution in [0, 0.1) is 40.7 Å². The van der Waals surface area contributed by atoms with Crippen LogP contribution in [0.1, 0.15) is 88.7 Å². The maximum absolute atomic E-state index is 13.8. The summed E-state index contributed by atoms with van der Waals surface area (Å²) < 4.78 is 33.8. The maximum Gasteiger partial charge on any atom is 0.144 e. The first-order valence-electron chi connectivity index (χ1n) is 12.2. The molecule has 0 N–H and O–H groups in total. The van der Waals surface area contributed by atoms with Crippen molar-refractivity contribution in [2.45, 2.75) is 90.1 Å². The second-order valence-electron chi connectivity index (χ2n) is 9.59. The van der Waals surface area contributed by atoms with Gasteiger partial charge in [0.2, 0.25) is 0 Å². The molecular weight excluding hydrogens is 392 g/mol. The lowest BCUT2D eigenvalue weighted by atomic mass is 9.79. The fourth-order valence-electron chi connectivity index (χ4n) is 5.29. The molecule has 0 amide bonds. The number of nitrogens with zero attached hydrogens (tertiary/aromatic N) is 1. The van der Waals surface area contributed by atoms with Gasteiger partial charge in [-0.3, -0.25) is 0 Å². The van der Waals surface area contributed by atoms with Crippen molar-refractivity contribution in [3.05, 3.63) is 47.0 Å². The van der Waals surface area contributed by atoms with E-state index < -0.39 is 17.2 Å².